The van der Waals surface area contributed by atoms with Crippen LogP contribution in [-0.2, 0) is 0 Å². The maximum Gasteiger partial charge on any atom is 0.258 e. The molecule has 0 bridgehead atoms. The van der Waals surface area contributed by atoms with Gasteiger partial charge in [-0.3, -0.25) is 4.79 Å². The van der Waals surface area contributed by atoms with E-state index in [0.717, 1.165) is 35.7 Å². The van der Waals surface area contributed by atoms with Crippen molar-refractivity contribution in [2.45, 2.75) is 52.5 Å². The molecule has 1 amide bonds. The molecular formula is C20H26N4O. The van der Waals surface area contributed by atoms with Crippen molar-refractivity contribution in [2.24, 2.45) is 0 Å². The van der Waals surface area contributed by atoms with Crippen LogP contribution in [0.3, 0.4) is 0 Å². The molecule has 1 atom stereocenters. The third-order valence-electron chi connectivity index (χ3n) is 4.98. The monoisotopic (exact) mass is 338 g/mol. The van der Waals surface area contributed by atoms with Crippen LogP contribution in [0, 0.1) is 13.8 Å². The minimum Gasteiger partial charge on any atom is -0.338 e. The van der Waals surface area contributed by atoms with Gasteiger partial charge in [-0.1, -0.05) is 25.1 Å². The van der Waals surface area contributed by atoms with Gasteiger partial charge in [0.25, 0.3) is 5.91 Å². The van der Waals surface area contributed by atoms with Gasteiger partial charge in [0.15, 0.2) is 0 Å². The van der Waals surface area contributed by atoms with Gasteiger partial charge in [0.05, 0.1) is 5.56 Å². The highest BCUT2D eigenvalue weighted by molar-refractivity contribution is 6.04. The average molecular weight is 338 g/mol. The molecule has 0 aliphatic carbocycles. The molecule has 1 unspecified atom stereocenters. The summed E-state index contributed by atoms with van der Waals surface area (Å²) in [7, 11) is 0. The number of anilines is 2. The molecule has 2 aromatic rings. The summed E-state index contributed by atoms with van der Waals surface area (Å²) in [5.74, 6) is 0.560. The van der Waals surface area contributed by atoms with Crippen LogP contribution in [0.5, 0.6) is 0 Å². The molecule has 25 heavy (non-hydrogen) atoms. The Morgan fingerprint density at radius 3 is 2.52 bits per heavy atom. The van der Waals surface area contributed by atoms with Gasteiger partial charge in [-0.25, -0.2) is 9.97 Å². The minimum absolute atomic E-state index is 0.172. The second kappa shape index (κ2) is 7.64. The zero-order valence-electron chi connectivity index (χ0n) is 15.2. The molecule has 0 saturated carbocycles. The van der Waals surface area contributed by atoms with Crippen LogP contribution in [0.4, 0.5) is 11.6 Å². The molecule has 3 rings (SSSR count). The Hall–Kier alpha value is -2.43. The number of aryl methyl sites for hydroxylation is 2. The third-order valence-corrected chi connectivity index (χ3v) is 4.98. The SMILES string of the molecule is CCC1CCCCN1c1ncc(C(=O)Nc2c(C)cccc2C)cn1. The van der Waals surface area contributed by atoms with Crippen molar-refractivity contribution in [2.75, 3.05) is 16.8 Å². The summed E-state index contributed by atoms with van der Waals surface area (Å²) >= 11 is 0. The molecule has 0 spiro atoms. The van der Waals surface area contributed by atoms with Crippen LogP contribution in [0.25, 0.3) is 0 Å². The number of piperidine rings is 1. The van der Waals surface area contributed by atoms with Crippen molar-refractivity contribution in [3.05, 3.63) is 47.3 Å². The van der Waals surface area contributed by atoms with Crippen LogP contribution in [0.1, 0.15) is 54.1 Å². The lowest BCUT2D eigenvalue weighted by Crippen LogP contribution is -2.40. The van der Waals surface area contributed by atoms with Gasteiger partial charge in [0.2, 0.25) is 5.95 Å². The first-order valence-corrected chi connectivity index (χ1v) is 9.06. The number of amides is 1. The molecule has 1 aromatic heterocycles. The molecule has 5 heteroatoms. The van der Waals surface area contributed by atoms with E-state index in [9.17, 15) is 4.79 Å². The first kappa shape index (κ1) is 17.4. The number of nitrogens with zero attached hydrogens (tertiary/aromatic N) is 3. The summed E-state index contributed by atoms with van der Waals surface area (Å²) in [6.07, 6.45) is 7.99. The Kier molecular flexibility index (Phi) is 5.31. The molecule has 1 fully saturated rings. The summed E-state index contributed by atoms with van der Waals surface area (Å²) in [6, 6.07) is 6.47. The summed E-state index contributed by atoms with van der Waals surface area (Å²) in [4.78, 5) is 23.7. The highest BCUT2D eigenvalue weighted by Gasteiger charge is 2.23. The van der Waals surface area contributed by atoms with Crippen LogP contribution < -0.4 is 10.2 Å². The molecule has 5 nitrogen and oxygen atoms in total. The molecule has 132 valence electrons. The number of para-hydroxylation sites is 1. The Balaban J connectivity index is 1.74. The summed E-state index contributed by atoms with van der Waals surface area (Å²) in [6.45, 7) is 7.18. The molecule has 1 saturated heterocycles. The third kappa shape index (κ3) is 3.81. The molecule has 1 aliphatic rings. The van der Waals surface area contributed by atoms with Gasteiger partial charge >= 0.3 is 0 Å². The van der Waals surface area contributed by atoms with Crippen molar-refractivity contribution in [1.82, 2.24) is 9.97 Å². The predicted octanol–water partition coefficient (Wildman–Crippen LogP) is 4.11. The lowest BCUT2D eigenvalue weighted by molar-refractivity contribution is 0.102. The first-order chi connectivity index (χ1) is 12.1. The largest absolute Gasteiger partial charge is 0.338 e. The van der Waals surface area contributed by atoms with E-state index in [4.69, 9.17) is 0 Å². The smallest absolute Gasteiger partial charge is 0.258 e. The molecular weight excluding hydrogens is 312 g/mol. The first-order valence-electron chi connectivity index (χ1n) is 9.06. The quantitative estimate of drug-likeness (QED) is 0.911. The lowest BCUT2D eigenvalue weighted by Gasteiger charge is -2.35. The predicted molar refractivity (Wildman–Crippen MR) is 101 cm³/mol. The molecule has 1 aliphatic heterocycles. The van der Waals surface area contributed by atoms with Gasteiger partial charge in [-0.2, -0.15) is 0 Å². The van der Waals surface area contributed by atoms with E-state index in [1.54, 1.807) is 12.4 Å². The Labute approximate surface area is 149 Å². The molecule has 1 N–H and O–H groups in total. The zero-order chi connectivity index (χ0) is 17.8. The van der Waals surface area contributed by atoms with Crippen molar-refractivity contribution < 1.29 is 4.79 Å². The summed E-state index contributed by atoms with van der Waals surface area (Å²) in [5, 5.41) is 2.98. The second-order valence-corrected chi connectivity index (χ2v) is 6.74. The fourth-order valence-corrected chi connectivity index (χ4v) is 3.47. The van der Waals surface area contributed by atoms with E-state index in [1.165, 1.54) is 19.3 Å². The minimum atomic E-state index is -0.172. The second-order valence-electron chi connectivity index (χ2n) is 6.74. The molecule has 0 radical (unpaired) electrons. The van der Waals surface area contributed by atoms with Crippen LogP contribution >= 0.6 is 0 Å². The number of nitrogens with one attached hydrogen (secondary N) is 1. The number of carbonyl (C=O) groups is 1. The number of benzene rings is 1. The van der Waals surface area contributed by atoms with Crippen LogP contribution in [-0.4, -0.2) is 28.5 Å². The zero-order valence-corrected chi connectivity index (χ0v) is 15.2. The Morgan fingerprint density at radius 2 is 1.88 bits per heavy atom. The van der Waals surface area contributed by atoms with Crippen molar-refractivity contribution >= 4 is 17.5 Å². The van der Waals surface area contributed by atoms with Gasteiger partial charge < -0.3 is 10.2 Å². The van der Waals surface area contributed by atoms with Crippen molar-refractivity contribution in [3.63, 3.8) is 0 Å². The van der Waals surface area contributed by atoms with E-state index in [1.807, 2.05) is 32.0 Å². The number of hydrogen-bond acceptors (Lipinski definition) is 4. The van der Waals surface area contributed by atoms with Crippen LogP contribution in [0.15, 0.2) is 30.6 Å². The van der Waals surface area contributed by atoms with E-state index < -0.39 is 0 Å². The van der Waals surface area contributed by atoms with Gasteiger partial charge in [0, 0.05) is 30.7 Å². The maximum absolute atomic E-state index is 12.5. The normalized spacial score (nSPS) is 17.4. The Bertz CT molecular complexity index is 722. The fraction of sp³-hybridized carbons (Fsp3) is 0.450. The maximum atomic E-state index is 12.5. The summed E-state index contributed by atoms with van der Waals surface area (Å²) < 4.78 is 0. The average Bonchev–Trinajstić information content (AvgIpc) is 2.65. The number of rotatable bonds is 4. The van der Waals surface area contributed by atoms with Crippen molar-refractivity contribution in [1.29, 1.82) is 0 Å². The highest BCUT2D eigenvalue weighted by Crippen LogP contribution is 2.24. The van der Waals surface area contributed by atoms with Gasteiger partial charge in [-0.05, 0) is 50.7 Å². The van der Waals surface area contributed by atoms with E-state index >= 15 is 0 Å². The van der Waals surface area contributed by atoms with Crippen molar-refractivity contribution in [3.8, 4) is 0 Å². The van der Waals surface area contributed by atoms with Crippen LogP contribution in [0.2, 0.25) is 0 Å². The van der Waals surface area contributed by atoms with E-state index in [2.05, 4.69) is 27.1 Å². The number of hydrogen-bond donors (Lipinski definition) is 1. The summed E-state index contributed by atoms with van der Waals surface area (Å²) in [5.41, 5.74) is 3.44. The Morgan fingerprint density at radius 1 is 1.20 bits per heavy atom. The highest BCUT2D eigenvalue weighted by atomic mass is 16.1. The number of aromatic nitrogens is 2. The van der Waals surface area contributed by atoms with Gasteiger partial charge in [0.1, 0.15) is 0 Å². The molecule has 2 heterocycles. The van der Waals surface area contributed by atoms with Gasteiger partial charge in [-0.15, -0.1) is 0 Å². The molecule has 1 aromatic carbocycles. The lowest BCUT2D eigenvalue weighted by atomic mass is 10.0. The fourth-order valence-electron chi connectivity index (χ4n) is 3.47. The standard InChI is InChI=1S/C20H26N4O/c1-4-17-10-5-6-11-24(17)20-21-12-16(13-22-20)19(25)23-18-14(2)8-7-9-15(18)3/h7-9,12-13,17H,4-6,10-11H2,1-3H3,(H,23,25). The topological polar surface area (TPSA) is 58.1 Å². The van der Waals surface area contributed by atoms with E-state index in [-0.39, 0.29) is 5.91 Å². The van der Waals surface area contributed by atoms with E-state index in [0.29, 0.717) is 11.6 Å². The number of carbonyl (C=O) groups excluding carboxylic acids is 1.